The fraction of sp³-hybridized carbons (Fsp3) is 0.417. The summed E-state index contributed by atoms with van der Waals surface area (Å²) >= 11 is 1.30. The molecule has 176 valence electrons. The van der Waals surface area contributed by atoms with E-state index in [1.54, 1.807) is 38.1 Å². The van der Waals surface area contributed by atoms with Crippen LogP contribution in [0.2, 0.25) is 0 Å². The topological polar surface area (TPSA) is 102 Å². The van der Waals surface area contributed by atoms with E-state index in [4.69, 9.17) is 9.47 Å². The van der Waals surface area contributed by atoms with Crippen LogP contribution in [-0.4, -0.2) is 42.8 Å². The number of nitrogens with zero attached hydrogens (tertiary/aromatic N) is 1. The summed E-state index contributed by atoms with van der Waals surface area (Å²) < 4.78 is 10.8. The van der Waals surface area contributed by atoms with Gasteiger partial charge in [-0.05, 0) is 51.0 Å². The molecule has 1 aliphatic rings. The van der Waals surface area contributed by atoms with Crippen LogP contribution in [0.1, 0.15) is 66.1 Å². The van der Waals surface area contributed by atoms with Crippen LogP contribution in [0.3, 0.4) is 0 Å². The maximum absolute atomic E-state index is 12.9. The van der Waals surface area contributed by atoms with E-state index >= 15 is 0 Å². The molecule has 1 aromatic carbocycles. The number of benzene rings is 1. The van der Waals surface area contributed by atoms with Gasteiger partial charge in [0.1, 0.15) is 17.3 Å². The van der Waals surface area contributed by atoms with Crippen molar-refractivity contribution in [2.45, 2.75) is 53.1 Å². The third-order valence-corrected chi connectivity index (χ3v) is 6.34. The zero-order chi connectivity index (χ0) is 24.1. The molecule has 0 saturated carbocycles. The molecular formula is C24H28N2O6S. The third kappa shape index (κ3) is 5.42. The van der Waals surface area contributed by atoms with Crippen molar-refractivity contribution in [1.82, 2.24) is 0 Å². The zero-order valence-electron chi connectivity index (χ0n) is 19.2. The van der Waals surface area contributed by atoms with E-state index < -0.39 is 18.0 Å². The Balaban J connectivity index is 1.86. The first-order valence-corrected chi connectivity index (χ1v) is 11.9. The van der Waals surface area contributed by atoms with Crippen molar-refractivity contribution in [2.24, 2.45) is 0 Å². The molecule has 0 fully saturated rings. The molecule has 1 aromatic heterocycles. The molecule has 0 radical (unpaired) electrons. The van der Waals surface area contributed by atoms with Gasteiger partial charge >= 0.3 is 5.97 Å². The molecule has 2 amide bonds. The van der Waals surface area contributed by atoms with Gasteiger partial charge in [0.2, 0.25) is 5.91 Å². The number of hydrogen-bond acceptors (Lipinski definition) is 7. The molecule has 1 atom stereocenters. The van der Waals surface area contributed by atoms with Crippen molar-refractivity contribution in [3.63, 3.8) is 0 Å². The fourth-order valence-electron chi connectivity index (χ4n) is 3.49. The van der Waals surface area contributed by atoms with Gasteiger partial charge in [-0.15, -0.1) is 11.3 Å². The number of hydrogen-bond donors (Lipinski definition) is 1. The smallest absolute Gasteiger partial charge is 0.341 e. The predicted molar refractivity (Wildman–Crippen MR) is 126 cm³/mol. The van der Waals surface area contributed by atoms with Gasteiger partial charge in [-0.1, -0.05) is 13.8 Å². The SMILES string of the molecule is CCCC(=O)c1ccc2c(c1)N(CC(=O)Nc1sc(CC)cc1C(=O)OCC)C(=O)C(C)O2. The Labute approximate surface area is 196 Å². The van der Waals surface area contributed by atoms with Crippen LogP contribution in [0.5, 0.6) is 5.75 Å². The summed E-state index contributed by atoms with van der Waals surface area (Å²) in [6, 6.07) is 6.62. The number of carbonyl (C=O) groups is 4. The van der Waals surface area contributed by atoms with Gasteiger partial charge in [0, 0.05) is 16.9 Å². The number of ether oxygens (including phenoxy) is 2. The highest BCUT2D eigenvalue weighted by atomic mass is 32.1. The van der Waals surface area contributed by atoms with Crippen LogP contribution in [-0.2, 0) is 20.7 Å². The lowest BCUT2D eigenvalue weighted by Gasteiger charge is -2.32. The van der Waals surface area contributed by atoms with E-state index in [0.29, 0.717) is 46.8 Å². The van der Waals surface area contributed by atoms with Gasteiger partial charge in [0.25, 0.3) is 5.91 Å². The molecule has 0 bridgehead atoms. The monoisotopic (exact) mass is 472 g/mol. The number of carbonyl (C=O) groups excluding carboxylic acids is 4. The lowest BCUT2D eigenvalue weighted by atomic mass is 10.0. The summed E-state index contributed by atoms with van der Waals surface area (Å²) in [5.41, 5.74) is 1.13. The number of amides is 2. The van der Waals surface area contributed by atoms with Gasteiger partial charge in [-0.2, -0.15) is 0 Å². The predicted octanol–water partition coefficient (Wildman–Crippen LogP) is 4.22. The van der Waals surface area contributed by atoms with E-state index in [0.717, 1.165) is 4.88 Å². The highest BCUT2D eigenvalue weighted by Crippen LogP contribution is 2.35. The van der Waals surface area contributed by atoms with Crippen molar-refractivity contribution in [1.29, 1.82) is 0 Å². The molecule has 1 unspecified atom stereocenters. The fourth-order valence-corrected chi connectivity index (χ4v) is 4.49. The molecule has 1 aliphatic heterocycles. The zero-order valence-corrected chi connectivity index (χ0v) is 20.0. The Morgan fingerprint density at radius 1 is 1.18 bits per heavy atom. The van der Waals surface area contributed by atoms with Gasteiger partial charge in [0.15, 0.2) is 11.9 Å². The minimum absolute atomic E-state index is 0.0412. The summed E-state index contributed by atoms with van der Waals surface area (Å²) in [4.78, 5) is 52.7. The first-order chi connectivity index (χ1) is 15.8. The molecule has 33 heavy (non-hydrogen) atoms. The number of rotatable bonds is 9. The summed E-state index contributed by atoms with van der Waals surface area (Å²) in [7, 11) is 0. The maximum Gasteiger partial charge on any atom is 0.341 e. The Hall–Kier alpha value is -3.20. The second-order valence-electron chi connectivity index (χ2n) is 7.62. The highest BCUT2D eigenvalue weighted by Gasteiger charge is 2.33. The lowest BCUT2D eigenvalue weighted by molar-refractivity contribution is -0.127. The Kier molecular flexibility index (Phi) is 7.86. The maximum atomic E-state index is 12.9. The molecule has 2 heterocycles. The number of aryl methyl sites for hydroxylation is 1. The molecular weight excluding hydrogens is 444 g/mol. The molecule has 0 aliphatic carbocycles. The van der Waals surface area contributed by atoms with Gasteiger partial charge in [0.05, 0.1) is 17.9 Å². The van der Waals surface area contributed by atoms with Crippen molar-refractivity contribution in [2.75, 3.05) is 23.4 Å². The highest BCUT2D eigenvalue weighted by molar-refractivity contribution is 7.16. The summed E-state index contributed by atoms with van der Waals surface area (Å²) in [5, 5.41) is 3.14. The molecule has 1 N–H and O–H groups in total. The first kappa shape index (κ1) is 24.4. The molecule has 0 spiro atoms. The molecule has 0 saturated heterocycles. The number of ketones is 1. The van der Waals surface area contributed by atoms with Crippen molar-refractivity contribution < 1.29 is 28.7 Å². The first-order valence-electron chi connectivity index (χ1n) is 11.0. The quantitative estimate of drug-likeness (QED) is 0.433. The second kappa shape index (κ2) is 10.6. The summed E-state index contributed by atoms with van der Waals surface area (Å²) in [6.07, 6.45) is 1.02. The number of anilines is 2. The minimum Gasteiger partial charge on any atom is -0.479 e. The van der Waals surface area contributed by atoms with Crippen LogP contribution in [0.25, 0.3) is 0 Å². The van der Waals surface area contributed by atoms with Crippen LogP contribution < -0.4 is 15.0 Å². The van der Waals surface area contributed by atoms with Crippen molar-refractivity contribution >= 4 is 45.6 Å². The normalized spacial score (nSPS) is 15.0. The van der Waals surface area contributed by atoms with Crippen LogP contribution in [0.4, 0.5) is 10.7 Å². The number of Topliss-reactive ketones (excluding diaryl/α,β-unsaturated/α-hetero) is 1. The number of nitrogens with one attached hydrogen (secondary N) is 1. The van der Waals surface area contributed by atoms with Gasteiger partial charge in [-0.25, -0.2) is 4.79 Å². The average Bonchev–Trinajstić information content (AvgIpc) is 3.20. The average molecular weight is 473 g/mol. The second-order valence-corrected chi connectivity index (χ2v) is 8.75. The van der Waals surface area contributed by atoms with E-state index in [1.165, 1.54) is 16.2 Å². The standard InChI is InChI=1S/C24H28N2O6S/c1-5-8-19(27)15-9-10-20-18(11-15)26(23(29)14(4)32-20)13-21(28)25-22-17(24(30)31-7-3)12-16(6-2)33-22/h9-12,14H,5-8,13H2,1-4H3,(H,25,28). The number of fused-ring (bicyclic) bond motifs is 1. The number of esters is 1. The summed E-state index contributed by atoms with van der Waals surface area (Å²) in [6.45, 7) is 7.13. The lowest BCUT2D eigenvalue weighted by Crippen LogP contribution is -2.47. The molecule has 9 heteroatoms. The van der Waals surface area contributed by atoms with Crippen molar-refractivity contribution in [3.05, 3.63) is 40.3 Å². The largest absolute Gasteiger partial charge is 0.479 e. The van der Waals surface area contributed by atoms with Crippen LogP contribution in [0, 0.1) is 0 Å². The number of thiophene rings is 1. The molecule has 8 nitrogen and oxygen atoms in total. The van der Waals surface area contributed by atoms with E-state index in [-0.39, 0.29) is 24.8 Å². The Morgan fingerprint density at radius 3 is 2.61 bits per heavy atom. The minimum atomic E-state index is -0.772. The Bertz CT molecular complexity index is 1080. The van der Waals surface area contributed by atoms with Crippen LogP contribution >= 0.6 is 11.3 Å². The molecule has 3 rings (SSSR count). The third-order valence-electron chi connectivity index (χ3n) is 5.15. The van der Waals surface area contributed by atoms with Crippen LogP contribution in [0.15, 0.2) is 24.3 Å². The van der Waals surface area contributed by atoms with E-state index in [1.807, 2.05) is 13.8 Å². The van der Waals surface area contributed by atoms with Gasteiger partial charge < -0.3 is 14.8 Å². The molecule has 2 aromatic rings. The van der Waals surface area contributed by atoms with E-state index in [9.17, 15) is 19.2 Å². The Morgan fingerprint density at radius 2 is 1.94 bits per heavy atom. The van der Waals surface area contributed by atoms with Gasteiger partial charge in [-0.3, -0.25) is 19.3 Å². The van der Waals surface area contributed by atoms with Crippen molar-refractivity contribution in [3.8, 4) is 5.75 Å². The summed E-state index contributed by atoms with van der Waals surface area (Å²) in [5.74, 6) is -0.975. The van der Waals surface area contributed by atoms with E-state index in [2.05, 4.69) is 5.32 Å².